The number of amides is 2. The fourth-order valence-corrected chi connectivity index (χ4v) is 3.18. The van der Waals surface area contributed by atoms with Crippen LogP contribution in [0.5, 0.6) is 0 Å². The summed E-state index contributed by atoms with van der Waals surface area (Å²) in [5.74, 6) is -0.222. The van der Waals surface area contributed by atoms with Crippen LogP contribution >= 0.6 is 23.4 Å². The van der Waals surface area contributed by atoms with Gasteiger partial charge in [-0.3, -0.25) is 9.59 Å². The van der Waals surface area contributed by atoms with Crippen molar-refractivity contribution in [1.82, 2.24) is 0 Å². The van der Waals surface area contributed by atoms with E-state index in [0.717, 1.165) is 4.90 Å². The van der Waals surface area contributed by atoms with Crippen molar-refractivity contribution < 1.29 is 9.59 Å². The molecule has 4 nitrogen and oxygen atoms in total. The van der Waals surface area contributed by atoms with E-state index in [4.69, 9.17) is 11.6 Å². The van der Waals surface area contributed by atoms with Gasteiger partial charge in [-0.25, -0.2) is 0 Å². The Morgan fingerprint density at radius 2 is 1.71 bits per heavy atom. The molecular formula is C18H19ClN2O2S. The average Bonchev–Trinajstić information content (AvgIpc) is 2.54. The molecule has 6 heteroatoms. The molecule has 0 radical (unpaired) electrons. The van der Waals surface area contributed by atoms with Crippen LogP contribution in [0.4, 0.5) is 11.4 Å². The molecule has 2 aromatic rings. The number of thioether (sulfide) groups is 1. The van der Waals surface area contributed by atoms with Crippen molar-refractivity contribution in [3.05, 3.63) is 53.6 Å². The summed E-state index contributed by atoms with van der Waals surface area (Å²) in [6.45, 7) is 3.42. The number of carbonyl (C=O) groups excluding carboxylic acids is 2. The molecule has 0 spiro atoms. The SMILES string of the molecule is CC[C@H](Sc1ccc(Cl)cc1)C(=O)Nc1cccc(NC(C)=O)c1. The summed E-state index contributed by atoms with van der Waals surface area (Å²) >= 11 is 7.38. The van der Waals surface area contributed by atoms with Gasteiger partial charge in [0.15, 0.2) is 0 Å². The smallest absolute Gasteiger partial charge is 0.237 e. The van der Waals surface area contributed by atoms with Gasteiger partial charge in [-0.15, -0.1) is 11.8 Å². The first-order valence-electron chi connectivity index (χ1n) is 7.58. The Labute approximate surface area is 151 Å². The number of nitrogens with one attached hydrogen (secondary N) is 2. The van der Waals surface area contributed by atoms with Crippen LogP contribution in [0.1, 0.15) is 20.3 Å². The van der Waals surface area contributed by atoms with Gasteiger partial charge in [0.25, 0.3) is 0 Å². The van der Waals surface area contributed by atoms with Crippen LogP contribution in [0.2, 0.25) is 5.02 Å². The lowest BCUT2D eigenvalue weighted by Gasteiger charge is -2.15. The van der Waals surface area contributed by atoms with E-state index in [1.807, 2.05) is 31.2 Å². The largest absolute Gasteiger partial charge is 0.326 e. The van der Waals surface area contributed by atoms with Crippen LogP contribution in [-0.2, 0) is 9.59 Å². The average molecular weight is 363 g/mol. The highest BCUT2D eigenvalue weighted by molar-refractivity contribution is 8.00. The second-order valence-corrected chi connectivity index (χ2v) is 6.93. The lowest BCUT2D eigenvalue weighted by Crippen LogP contribution is -2.24. The Kier molecular flexibility index (Phi) is 6.70. The van der Waals surface area contributed by atoms with Crippen molar-refractivity contribution >= 4 is 46.6 Å². The molecule has 0 fully saturated rings. The molecule has 1 atom stereocenters. The monoisotopic (exact) mass is 362 g/mol. The van der Waals surface area contributed by atoms with E-state index in [2.05, 4.69) is 10.6 Å². The zero-order valence-corrected chi connectivity index (χ0v) is 15.1. The molecule has 24 heavy (non-hydrogen) atoms. The lowest BCUT2D eigenvalue weighted by atomic mass is 10.2. The van der Waals surface area contributed by atoms with Crippen LogP contribution in [0.15, 0.2) is 53.4 Å². The van der Waals surface area contributed by atoms with Gasteiger partial charge >= 0.3 is 0 Å². The number of hydrogen-bond acceptors (Lipinski definition) is 3. The third-order valence-corrected chi connectivity index (χ3v) is 4.83. The quantitative estimate of drug-likeness (QED) is 0.725. The van der Waals surface area contributed by atoms with Gasteiger partial charge in [0, 0.05) is 28.2 Å². The van der Waals surface area contributed by atoms with Crippen LogP contribution in [0, 0.1) is 0 Å². The normalized spacial score (nSPS) is 11.6. The van der Waals surface area contributed by atoms with E-state index >= 15 is 0 Å². The molecule has 0 unspecified atom stereocenters. The maximum Gasteiger partial charge on any atom is 0.237 e. The van der Waals surface area contributed by atoms with Gasteiger partial charge in [-0.1, -0.05) is 24.6 Å². The standard InChI is InChI=1S/C18H19ClN2O2S/c1-3-17(24-16-9-7-13(19)8-10-16)18(23)21-15-6-4-5-14(11-15)20-12(2)22/h4-11,17H,3H2,1-2H3,(H,20,22)(H,21,23)/t17-/m0/s1. The van der Waals surface area contributed by atoms with Gasteiger partial charge in [0.05, 0.1) is 5.25 Å². The Balaban J connectivity index is 2.03. The summed E-state index contributed by atoms with van der Waals surface area (Å²) in [4.78, 5) is 24.6. The summed E-state index contributed by atoms with van der Waals surface area (Å²) in [6, 6.07) is 14.5. The number of rotatable bonds is 6. The highest BCUT2D eigenvalue weighted by atomic mass is 35.5. The van der Waals surface area contributed by atoms with Crippen molar-refractivity contribution in [3.8, 4) is 0 Å². The molecule has 0 aromatic heterocycles. The minimum absolute atomic E-state index is 0.0718. The Morgan fingerprint density at radius 3 is 2.29 bits per heavy atom. The predicted octanol–water partition coefficient (Wildman–Crippen LogP) is 4.81. The third kappa shape index (κ3) is 5.58. The maximum absolute atomic E-state index is 12.5. The first-order chi connectivity index (χ1) is 11.5. The van der Waals surface area contributed by atoms with Gasteiger partial charge < -0.3 is 10.6 Å². The molecular weight excluding hydrogens is 344 g/mol. The highest BCUT2D eigenvalue weighted by Gasteiger charge is 2.18. The molecule has 0 saturated carbocycles. The van der Waals surface area contributed by atoms with Crippen LogP contribution < -0.4 is 10.6 Å². The fourth-order valence-electron chi connectivity index (χ4n) is 2.10. The Bertz CT molecular complexity index is 719. The molecule has 2 rings (SSSR count). The molecule has 2 N–H and O–H groups in total. The molecule has 2 aromatic carbocycles. The van der Waals surface area contributed by atoms with Gasteiger partial charge in [0.1, 0.15) is 0 Å². The molecule has 2 amide bonds. The van der Waals surface area contributed by atoms with Crippen molar-refractivity contribution in [1.29, 1.82) is 0 Å². The van der Waals surface area contributed by atoms with Crippen LogP contribution in [0.25, 0.3) is 0 Å². The van der Waals surface area contributed by atoms with E-state index in [-0.39, 0.29) is 17.1 Å². The number of carbonyl (C=O) groups is 2. The minimum atomic E-state index is -0.212. The Hall–Kier alpha value is -1.98. The zero-order chi connectivity index (χ0) is 17.5. The van der Waals surface area contributed by atoms with Crippen LogP contribution in [-0.4, -0.2) is 17.1 Å². The fraction of sp³-hybridized carbons (Fsp3) is 0.222. The number of halogens is 1. The van der Waals surface area contributed by atoms with Crippen LogP contribution in [0.3, 0.4) is 0 Å². The van der Waals surface area contributed by atoms with Crippen molar-refractivity contribution in [2.24, 2.45) is 0 Å². The van der Waals surface area contributed by atoms with E-state index in [1.165, 1.54) is 18.7 Å². The molecule has 0 aliphatic carbocycles. The topological polar surface area (TPSA) is 58.2 Å². The van der Waals surface area contributed by atoms with E-state index in [0.29, 0.717) is 22.8 Å². The predicted molar refractivity (Wildman–Crippen MR) is 101 cm³/mol. The van der Waals surface area contributed by atoms with Crippen molar-refractivity contribution in [2.45, 2.75) is 30.4 Å². The van der Waals surface area contributed by atoms with E-state index in [1.54, 1.807) is 24.3 Å². The molecule has 0 saturated heterocycles. The molecule has 0 heterocycles. The first-order valence-corrected chi connectivity index (χ1v) is 8.84. The van der Waals surface area contributed by atoms with Crippen molar-refractivity contribution in [3.63, 3.8) is 0 Å². The van der Waals surface area contributed by atoms with E-state index in [9.17, 15) is 9.59 Å². The van der Waals surface area contributed by atoms with Gasteiger partial charge in [-0.2, -0.15) is 0 Å². The van der Waals surface area contributed by atoms with Crippen molar-refractivity contribution in [2.75, 3.05) is 10.6 Å². The summed E-state index contributed by atoms with van der Waals surface area (Å²) in [5.41, 5.74) is 1.31. The highest BCUT2D eigenvalue weighted by Crippen LogP contribution is 2.28. The first kappa shape index (κ1) is 18.4. The summed E-state index contributed by atoms with van der Waals surface area (Å²) in [7, 11) is 0. The number of benzene rings is 2. The van der Waals surface area contributed by atoms with Gasteiger partial charge in [-0.05, 0) is 48.9 Å². The number of hydrogen-bond donors (Lipinski definition) is 2. The van der Waals surface area contributed by atoms with Gasteiger partial charge in [0.2, 0.25) is 11.8 Å². The summed E-state index contributed by atoms with van der Waals surface area (Å²) < 4.78 is 0. The summed E-state index contributed by atoms with van der Waals surface area (Å²) in [6.07, 6.45) is 0.699. The second-order valence-electron chi connectivity index (χ2n) is 5.22. The zero-order valence-electron chi connectivity index (χ0n) is 13.5. The third-order valence-electron chi connectivity index (χ3n) is 3.21. The number of anilines is 2. The lowest BCUT2D eigenvalue weighted by molar-refractivity contribution is -0.116. The minimum Gasteiger partial charge on any atom is -0.326 e. The molecule has 0 bridgehead atoms. The molecule has 0 aliphatic heterocycles. The van der Waals surface area contributed by atoms with E-state index < -0.39 is 0 Å². The molecule has 126 valence electrons. The molecule has 0 aliphatic rings. The Morgan fingerprint density at radius 1 is 1.08 bits per heavy atom. The second kappa shape index (κ2) is 8.76. The maximum atomic E-state index is 12.5. The summed E-state index contributed by atoms with van der Waals surface area (Å²) in [5, 5.41) is 6.06.